The van der Waals surface area contributed by atoms with Crippen molar-refractivity contribution in [1.82, 2.24) is 0 Å². The van der Waals surface area contributed by atoms with Crippen LogP contribution in [0.5, 0.6) is 86.2 Å². The fourth-order valence-corrected chi connectivity index (χ4v) is 18.6. The van der Waals surface area contributed by atoms with Gasteiger partial charge in [-0.2, -0.15) is 0 Å². The molecule has 6 aromatic rings. The number of carbonyl (C=O) groups excluding carboxylic acids is 3. The molecule has 0 bridgehead atoms. The summed E-state index contributed by atoms with van der Waals surface area (Å²) in [5, 5.41) is 98.2. The number of aromatic hydroxyl groups is 3. The van der Waals surface area contributed by atoms with E-state index in [1.165, 1.54) is 70.9 Å². The molecule has 39 heteroatoms. The molecule has 12 aliphatic heterocycles. The standard InChI is InChI=1S/3C29H32O13/c3*1-11-36-9-20-27(40-11)24(31)25(32)29(41-20)42-26-14-7-17-16(38-10-39-17)6-13(14)21(22-15(26)8-37-28(22)33)12-4-18(34-2)23(30)19(5-12)35-3/h3*4-7,11,15,20-22,24-27,29-32H,8-10H2,1-3H3/t3*11-,15+,20-,21-,22+,24-,25-,26-,27-,29+/m111/s1/i8D2,21D,22D;2D3,3D3,22D;8D2,22D. The number of phenols is 3. The SMILES string of the molecule is [2H]C([2H])([2H])Oc1cc([C@@H]2c3cc4c(cc3[C@@H](O[C@@H]3O[C@@H]5CO[C@@H](C)O[C@H]5[C@H](O)[C@H]3O)[C@H]3COC(=O)[C@]23[2H])OCO4)cc(OC([2H])([2H])[2H])c1O.[2H]C1([2H])OC(=O)[C@@]2([2H])[C@H]1[C@H](O[C@@H]1O[C@@H]3CO[C@@H](C)O[C@H]3[C@H](O)[C@H]1O)c1cc3c(cc1[C@@]2([2H])c1cc(OC)c(O)c(OC)c1)OCO3.[2H]C1([2H])OC(=O)[C@]2([2H])[C@H](c3cc(OC)c(O)c(OC)c3)c3cc4c(cc3[C@@H](O[C@@H]3O[C@@H]5CO[C@@H](C)O[C@H]5[C@H](O)[C@H]3O)[C@@H]12)OCO4. The van der Waals surface area contributed by atoms with E-state index in [1.807, 2.05) is 0 Å². The highest BCUT2D eigenvalue weighted by Gasteiger charge is 2.61. The van der Waals surface area contributed by atoms with Crippen molar-refractivity contribution in [2.75, 3.05) is 102 Å². The summed E-state index contributed by atoms with van der Waals surface area (Å²) in [4.78, 5) is 41.1. The third-order valence-electron chi connectivity index (χ3n) is 24.6. The molecule has 0 aromatic heterocycles. The minimum atomic E-state index is -3.10. The first kappa shape index (κ1) is 70.0. The molecule has 0 radical (unpaired) electrons. The predicted molar refractivity (Wildman–Crippen MR) is 415 cm³/mol. The predicted octanol–water partition coefficient (Wildman–Crippen LogP) is 4.02. The Hall–Kier alpha value is -9.99. The maximum absolute atomic E-state index is 13.8. The minimum Gasteiger partial charge on any atom is -0.502 e. The maximum atomic E-state index is 13.8. The first-order valence-electron chi connectivity index (χ1n) is 47.0. The monoisotopic (exact) mass is 1780 g/mol. The van der Waals surface area contributed by atoms with Gasteiger partial charge in [-0.3, -0.25) is 14.4 Å². The number of carbonyl (C=O) groups is 3. The topological polar surface area (TPSA) is 482 Å². The third kappa shape index (κ3) is 14.8. The lowest BCUT2D eigenvalue weighted by Gasteiger charge is -2.47. The smallest absolute Gasteiger partial charge is 0.310 e. The van der Waals surface area contributed by atoms with E-state index in [4.69, 9.17) is 142 Å². The summed E-state index contributed by atoms with van der Waals surface area (Å²) in [7, 11) is -1.02. The van der Waals surface area contributed by atoms with Gasteiger partial charge in [-0.05, 0) is 144 Å². The van der Waals surface area contributed by atoms with E-state index in [0.29, 0.717) is 28.2 Å². The van der Waals surface area contributed by atoms with Gasteiger partial charge in [-0.1, -0.05) is 0 Å². The van der Waals surface area contributed by atoms with Crippen LogP contribution in [0, 0.1) is 35.4 Å². The van der Waals surface area contributed by atoms with Gasteiger partial charge in [0.05, 0.1) is 132 Å². The normalized spacial score (nSPS) is 41.4. The number of rotatable bonds is 15. The Kier molecular flexibility index (Phi) is 19.0. The number of methoxy groups -OCH3 is 6. The van der Waals surface area contributed by atoms with Gasteiger partial charge in [0, 0.05) is 41.0 Å². The third-order valence-corrected chi connectivity index (χ3v) is 24.6. The average Bonchev–Trinajstić information content (AvgIpc) is 1.48. The molecule has 12 heterocycles. The fraction of sp³-hybridized carbons (Fsp3) is 0.552. The van der Waals surface area contributed by atoms with Crippen molar-refractivity contribution in [2.24, 2.45) is 35.4 Å². The van der Waals surface area contributed by atoms with E-state index < -0.39 is 251 Å². The summed E-state index contributed by atoms with van der Waals surface area (Å²) in [5.41, 5.74) is 1.36. The van der Waals surface area contributed by atoms with Crippen LogP contribution in [0.1, 0.15) is 126 Å². The lowest BCUT2D eigenvalue weighted by atomic mass is 9.66. The van der Waals surface area contributed by atoms with E-state index in [1.54, 1.807) is 39.0 Å². The van der Waals surface area contributed by atoms with Crippen LogP contribution in [0.2, 0.25) is 0 Å². The van der Waals surface area contributed by atoms with Gasteiger partial charge in [0.1, 0.15) is 73.2 Å². The summed E-state index contributed by atoms with van der Waals surface area (Å²) in [6.07, 6.45) is -25.6. The van der Waals surface area contributed by atoms with Crippen LogP contribution >= 0.6 is 0 Å². The Morgan fingerprint density at radius 3 is 1.02 bits per heavy atom. The molecule has 6 aromatic carbocycles. The Balaban J connectivity index is 0.000000134. The van der Waals surface area contributed by atoms with Crippen molar-refractivity contribution in [3.05, 3.63) is 123 Å². The van der Waals surface area contributed by atoms with Crippen LogP contribution in [0.3, 0.4) is 0 Å². The van der Waals surface area contributed by atoms with Crippen molar-refractivity contribution < 1.29 is 207 Å². The van der Waals surface area contributed by atoms with E-state index in [-0.39, 0.29) is 132 Å². The zero-order valence-electron chi connectivity index (χ0n) is 81.7. The molecule has 678 valence electrons. The molecule has 126 heavy (non-hydrogen) atoms. The Labute approximate surface area is 738 Å². The van der Waals surface area contributed by atoms with Crippen LogP contribution < -0.4 is 56.8 Å². The molecule has 9 N–H and O–H groups in total. The quantitative estimate of drug-likeness (QED) is 0.0518. The highest BCUT2D eigenvalue weighted by atomic mass is 16.8. The number of benzene rings is 6. The Morgan fingerprint density at radius 1 is 0.349 bits per heavy atom. The summed E-state index contributed by atoms with van der Waals surface area (Å²) in [6, 6.07) is 16.5. The van der Waals surface area contributed by atoms with Gasteiger partial charge in [-0.15, -0.1) is 0 Å². The molecule has 3 aliphatic carbocycles. The van der Waals surface area contributed by atoms with Gasteiger partial charge < -0.3 is 174 Å². The largest absolute Gasteiger partial charge is 0.502 e. The van der Waals surface area contributed by atoms with Crippen molar-refractivity contribution >= 4 is 17.9 Å². The number of phenolic OH excluding ortho intramolecular Hbond substituents is 3. The van der Waals surface area contributed by atoms with E-state index in [0.717, 1.165) is 12.1 Å². The first-order valence-corrected chi connectivity index (χ1v) is 40.0. The van der Waals surface area contributed by atoms with Crippen molar-refractivity contribution in [3.63, 3.8) is 0 Å². The zero-order valence-corrected chi connectivity index (χ0v) is 67.7. The minimum absolute atomic E-state index is 0.00644. The lowest BCUT2D eigenvalue weighted by molar-refractivity contribution is -0.364. The van der Waals surface area contributed by atoms with Crippen molar-refractivity contribution in [2.45, 2.75) is 168 Å². The number of aliphatic hydroxyl groups is 6. The Morgan fingerprint density at radius 2 is 0.651 bits per heavy atom. The first-order chi connectivity index (χ1) is 66.1. The van der Waals surface area contributed by atoms with Gasteiger partial charge in [-0.25, -0.2) is 0 Å². The zero-order chi connectivity index (χ0) is 100. The van der Waals surface area contributed by atoms with Gasteiger partial charge in [0.25, 0.3) is 0 Å². The van der Waals surface area contributed by atoms with Gasteiger partial charge >= 0.3 is 17.9 Å². The molecule has 0 amide bonds. The van der Waals surface area contributed by atoms with Crippen molar-refractivity contribution in [3.8, 4) is 86.2 Å². The highest BCUT2D eigenvalue weighted by Crippen LogP contribution is 2.62. The number of aliphatic hydroxyl groups excluding tert-OH is 6. The second-order valence-electron chi connectivity index (χ2n) is 31.5. The molecule has 39 nitrogen and oxygen atoms in total. The van der Waals surface area contributed by atoms with Crippen LogP contribution in [0.25, 0.3) is 0 Å². The van der Waals surface area contributed by atoms with E-state index in [2.05, 4.69) is 0 Å². The summed E-state index contributed by atoms with van der Waals surface area (Å²) in [6.45, 7) is -1.48. The van der Waals surface area contributed by atoms with Crippen molar-refractivity contribution in [1.29, 1.82) is 0 Å². The van der Waals surface area contributed by atoms with E-state index >= 15 is 0 Å². The number of cyclic esters (lactones) is 3. The number of fused-ring (bicyclic) bond motifs is 12. The number of hydrogen-bond donors (Lipinski definition) is 9. The number of hydrogen-bond acceptors (Lipinski definition) is 39. The van der Waals surface area contributed by atoms with Crippen LogP contribution in [0.15, 0.2) is 72.8 Å². The summed E-state index contributed by atoms with van der Waals surface area (Å²) >= 11 is 0. The molecule has 15 aliphatic rings. The molecule has 9 saturated heterocycles. The number of ether oxygens (including phenoxy) is 27. The van der Waals surface area contributed by atoms with Gasteiger partial charge in [0.2, 0.25) is 37.6 Å². The maximum Gasteiger partial charge on any atom is 0.310 e. The highest BCUT2D eigenvalue weighted by molar-refractivity contribution is 5.81. The summed E-state index contributed by atoms with van der Waals surface area (Å²) < 4.78 is 271. The molecule has 9 fully saturated rings. The van der Waals surface area contributed by atoms with Crippen LogP contribution in [0.4, 0.5) is 0 Å². The van der Waals surface area contributed by atoms with E-state index in [9.17, 15) is 65.8 Å². The van der Waals surface area contributed by atoms with Crippen LogP contribution in [-0.2, 0) is 85.4 Å². The second kappa shape index (κ2) is 34.2. The fourth-order valence-electron chi connectivity index (χ4n) is 18.6. The lowest BCUT2D eigenvalue weighted by Crippen LogP contribution is -2.63. The molecule has 0 saturated carbocycles. The van der Waals surface area contributed by atoms with Crippen LogP contribution in [-0.4, -0.2) is 277 Å². The van der Waals surface area contributed by atoms with Gasteiger partial charge in [0.15, 0.2) is 107 Å². The molecule has 30 atom stereocenters. The summed E-state index contributed by atoms with van der Waals surface area (Å²) in [5.74, 6) is -22.5. The molecule has 21 rings (SSSR count). The molecule has 0 spiro atoms. The second-order valence-corrected chi connectivity index (χ2v) is 31.5. The average molecular weight is 1780 g/mol. The number of esters is 3. The molecular weight excluding hydrogens is 1670 g/mol. The Bertz CT molecular complexity index is 5730. The molecular formula is C87H96O39. The molecule has 0 unspecified atom stereocenters.